The summed E-state index contributed by atoms with van der Waals surface area (Å²) in [6, 6.07) is 14.2. The summed E-state index contributed by atoms with van der Waals surface area (Å²) in [6.07, 6.45) is 1.33. The van der Waals surface area contributed by atoms with Crippen molar-refractivity contribution < 1.29 is 18.8 Å². The summed E-state index contributed by atoms with van der Waals surface area (Å²) in [4.78, 5) is 21.5. The van der Waals surface area contributed by atoms with Gasteiger partial charge in [0, 0.05) is 5.56 Å². The van der Waals surface area contributed by atoms with Gasteiger partial charge in [-0.2, -0.15) is 0 Å². The summed E-state index contributed by atoms with van der Waals surface area (Å²) in [7, 11) is 1.60. The Morgan fingerprint density at radius 2 is 2.00 bits per heavy atom. The van der Waals surface area contributed by atoms with Crippen LogP contribution in [0.4, 0.5) is 5.69 Å². The van der Waals surface area contributed by atoms with Crippen molar-refractivity contribution in [2.75, 3.05) is 12.4 Å². The first-order chi connectivity index (χ1) is 14.0. The molecule has 0 bridgehead atoms. The SMILES string of the molecule is COc1ccc(-c2nc(CO/N=C(/N)CC(=O)Nc3ccccc3Cl)co2)cc1. The first kappa shape index (κ1) is 20.2. The fraction of sp³-hybridized carbons (Fsp3) is 0.150. The van der Waals surface area contributed by atoms with E-state index in [0.717, 1.165) is 11.3 Å². The van der Waals surface area contributed by atoms with Crippen LogP contribution in [0.5, 0.6) is 5.75 Å². The van der Waals surface area contributed by atoms with Gasteiger partial charge in [0.15, 0.2) is 6.61 Å². The quantitative estimate of drug-likeness (QED) is 0.329. The molecule has 0 atom stereocenters. The van der Waals surface area contributed by atoms with Crippen LogP contribution in [-0.4, -0.2) is 23.8 Å². The van der Waals surface area contributed by atoms with Crippen LogP contribution in [-0.2, 0) is 16.2 Å². The zero-order chi connectivity index (χ0) is 20.6. The van der Waals surface area contributed by atoms with E-state index < -0.39 is 0 Å². The van der Waals surface area contributed by atoms with Gasteiger partial charge in [0.2, 0.25) is 11.8 Å². The van der Waals surface area contributed by atoms with E-state index in [9.17, 15) is 4.79 Å². The number of ether oxygens (including phenoxy) is 1. The maximum absolute atomic E-state index is 12.0. The van der Waals surface area contributed by atoms with Gasteiger partial charge in [-0.1, -0.05) is 28.9 Å². The smallest absolute Gasteiger partial charge is 0.232 e. The highest BCUT2D eigenvalue weighted by Gasteiger charge is 2.09. The largest absolute Gasteiger partial charge is 0.497 e. The van der Waals surface area contributed by atoms with Gasteiger partial charge in [-0.05, 0) is 36.4 Å². The molecule has 0 fully saturated rings. The van der Waals surface area contributed by atoms with E-state index in [1.165, 1.54) is 6.26 Å². The summed E-state index contributed by atoms with van der Waals surface area (Å²) in [5, 5.41) is 6.82. The third-order valence-corrected chi connectivity index (χ3v) is 4.10. The molecule has 1 aromatic heterocycles. The van der Waals surface area contributed by atoms with Crippen molar-refractivity contribution in [1.82, 2.24) is 4.98 Å². The van der Waals surface area contributed by atoms with Crippen LogP contribution in [0.2, 0.25) is 5.02 Å². The van der Waals surface area contributed by atoms with Crippen LogP contribution in [0, 0.1) is 0 Å². The van der Waals surface area contributed by atoms with Crippen molar-refractivity contribution in [3.63, 3.8) is 0 Å². The number of methoxy groups -OCH3 is 1. The van der Waals surface area contributed by atoms with Gasteiger partial charge in [0.05, 0.1) is 24.2 Å². The third kappa shape index (κ3) is 5.73. The maximum Gasteiger partial charge on any atom is 0.232 e. The molecule has 0 aliphatic rings. The third-order valence-electron chi connectivity index (χ3n) is 3.77. The number of nitrogens with one attached hydrogen (secondary N) is 1. The topological polar surface area (TPSA) is 112 Å². The minimum atomic E-state index is -0.355. The summed E-state index contributed by atoms with van der Waals surface area (Å²) < 4.78 is 10.6. The number of carbonyl (C=O) groups excluding carboxylic acids is 1. The number of rotatable bonds is 8. The molecule has 9 heteroatoms. The van der Waals surface area contributed by atoms with Gasteiger partial charge in [-0.25, -0.2) is 4.98 Å². The molecule has 0 radical (unpaired) electrons. The van der Waals surface area contributed by atoms with E-state index in [-0.39, 0.29) is 24.8 Å². The lowest BCUT2D eigenvalue weighted by atomic mass is 10.2. The number of amidine groups is 1. The Bertz CT molecular complexity index is 1000. The number of amides is 1. The van der Waals surface area contributed by atoms with E-state index in [2.05, 4.69) is 15.5 Å². The van der Waals surface area contributed by atoms with Crippen molar-refractivity contribution in [1.29, 1.82) is 0 Å². The Morgan fingerprint density at radius 1 is 1.24 bits per heavy atom. The van der Waals surface area contributed by atoms with Crippen molar-refractivity contribution in [3.05, 3.63) is 65.5 Å². The number of carbonyl (C=O) groups is 1. The van der Waals surface area contributed by atoms with Gasteiger partial charge in [0.25, 0.3) is 0 Å². The number of hydrogen-bond acceptors (Lipinski definition) is 6. The van der Waals surface area contributed by atoms with Crippen LogP contribution in [0.3, 0.4) is 0 Å². The predicted molar refractivity (Wildman–Crippen MR) is 110 cm³/mol. The molecule has 0 aliphatic heterocycles. The van der Waals surface area contributed by atoms with Crippen LogP contribution in [0.25, 0.3) is 11.5 Å². The molecular formula is C20H19ClN4O4. The Morgan fingerprint density at radius 3 is 2.72 bits per heavy atom. The molecule has 150 valence electrons. The predicted octanol–water partition coefficient (Wildman–Crippen LogP) is 3.82. The molecule has 0 spiro atoms. The zero-order valence-electron chi connectivity index (χ0n) is 15.6. The minimum absolute atomic E-state index is 0.0217. The lowest BCUT2D eigenvalue weighted by molar-refractivity contribution is -0.115. The van der Waals surface area contributed by atoms with E-state index in [1.54, 1.807) is 31.4 Å². The molecule has 1 heterocycles. The number of oxazole rings is 1. The molecule has 0 saturated heterocycles. The molecule has 3 N–H and O–H groups in total. The Balaban J connectivity index is 1.49. The number of nitrogens with zero attached hydrogens (tertiary/aromatic N) is 2. The number of oxime groups is 1. The second kappa shape index (κ2) is 9.61. The summed E-state index contributed by atoms with van der Waals surface area (Å²) >= 11 is 5.99. The first-order valence-corrected chi connectivity index (χ1v) is 9.00. The summed E-state index contributed by atoms with van der Waals surface area (Å²) in [5.74, 6) is 0.856. The highest BCUT2D eigenvalue weighted by atomic mass is 35.5. The van der Waals surface area contributed by atoms with Crippen molar-refractivity contribution in [2.45, 2.75) is 13.0 Å². The molecule has 3 rings (SSSR count). The van der Waals surface area contributed by atoms with E-state index >= 15 is 0 Å². The number of aromatic nitrogens is 1. The lowest BCUT2D eigenvalue weighted by Crippen LogP contribution is -2.22. The number of nitrogens with two attached hydrogens (primary N) is 1. The van der Waals surface area contributed by atoms with E-state index in [0.29, 0.717) is 22.3 Å². The molecule has 0 aliphatic carbocycles. The zero-order valence-corrected chi connectivity index (χ0v) is 16.3. The van der Waals surface area contributed by atoms with Gasteiger partial charge in [-0.3, -0.25) is 4.79 Å². The molecule has 29 heavy (non-hydrogen) atoms. The van der Waals surface area contributed by atoms with Gasteiger partial charge in [-0.15, -0.1) is 0 Å². The summed E-state index contributed by atoms with van der Waals surface area (Å²) in [5.41, 5.74) is 7.57. The maximum atomic E-state index is 12.0. The number of anilines is 1. The van der Waals surface area contributed by atoms with Crippen LogP contribution in [0.15, 0.2) is 64.4 Å². The Hall–Kier alpha value is -3.52. The van der Waals surface area contributed by atoms with E-state index in [4.69, 9.17) is 31.3 Å². The number of hydrogen-bond donors (Lipinski definition) is 2. The van der Waals surface area contributed by atoms with Gasteiger partial charge in [0.1, 0.15) is 23.5 Å². The lowest BCUT2D eigenvalue weighted by Gasteiger charge is -2.06. The monoisotopic (exact) mass is 414 g/mol. The average Bonchev–Trinajstić information content (AvgIpc) is 3.18. The van der Waals surface area contributed by atoms with Crippen LogP contribution >= 0.6 is 11.6 Å². The molecule has 2 aromatic carbocycles. The molecule has 0 unspecified atom stereocenters. The standard InChI is InChI=1S/C20H19ClN4O4/c1-27-15-8-6-13(7-9-15)20-23-14(11-28-20)12-29-25-18(22)10-19(26)24-17-5-3-2-4-16(17)21/h2-9,11H,10,12H2,1H3,(H2,22,25)(H,24,26). The molecule has 0 saturated carbocycles. The summed E-state index contributed by atoms with van der Waals surface area (Å²) in [6.45, 7) is 0.0481. The highest BCUT2D eigenvalue weighted by Crippen LogP contribution is 2.22. The van der Waals surface area contributed by atoms with Crippen LogP contribution in [0.1, 0.15) is 12.1 Å². The second-order valence-corrected chi connectivity index (χ2v) is 6.34. The van der Waals surface area contributed by atoms with Gasteiger partial charge < -0.3 is 25.0 Å². The fourth-order valence-electron chi connectivity index (χ4n) is 2.37. The fourth-order valence-corrected chi connectivity index (χ4v) is 2.56. The molecular weight excluding hydrogens is 396 g/mol. The second-order valence-electron chi connectivity index (χ2n) is 5.93. The van der Waals surface area contributed by atoms with Crippen molar-refractivity contribution >= 4 is 29.0 Å². The Kier molecular flexibility index (Phi) is 6.70. The molecule has 8 nitrogen and oxygen atoms in total. The first-order valence-electron chi connectivity index (χ1n) is 8.62. The highest BCUT2D eigenvalue weighted by molar-refractivity contribution is 6.33. The van der Waals surface area contributed by atoms with Crippen LogP contribution < -0.4 is 15.8 Å². The Labute approximate surface area is 172 Å². The van der Waals surface area contributed by atoms with E-state index in [1.807, 2.05) is 24.3 Å². The minimum Gasteiger partial charge on any atom is -0.497 e. The normalized spacial score (nSPS) is 11.2. The average molecular weight is 415 g/mol. The number of benzene rings is 2. The number of para-hydroxylation sites is 1. The number of halogens is 1. The molecule has 1 amide bonds. The molecule has 3 aromatic rings. The van der Waals surface area contributed by atoms with Crippen molar-refractivity contribution in [3.8, 4) is 17.2 Å². The van der Waals surface area contributed by atoms with Crippen molar-refractivity contribution in [2.24, 2.45) is 10.9 Å². The van der Waals surface area contributed by atoms with Gasteiger partial charge >= 0.3 is 0 Å².